The fourth-order valence-electron chi connectivity index (χ4n) is 0.854. The normalized spacial score (nSPS) is 9.79. The van der Waals surface area contributed by atoms with E-state index in [1.807, 2.05) is 6.07 Å². The van der Waals surface area contributed by atoms with Crippen LogP contribution < -0.4 is 4.74 Å². The topological polar surface area (TPSA) is 47.9 Å². The molecular formula is C9H6IN3O. The quantitative estimate of drug-likeness (QED) is 0.798. The van der Waals surface area contributed by atoms with Gasteiger partial charge in [0.1, 0.15) is 0 Å². The van der Waals surface area contributed by atoms with Crippen LogP contribution in [0.15, 0.2) is 36.8 Å². The van der Waals surface area contributed by atoms with Gasteiger partial charge in [0, 0.05) is 28.2 Å². The highest BCUT2D eigenvalue weighted by Gasteiger charge is 1.98. The fourth-order valence-corrected chi connectivity index (χ4v) is 1.17. The van der Waals surface area contributed by atoms with E-state index >= 15 is 0 Å². The van der Waals surface area contributed by atoms with Crippen LogP contribution in [0, 0.1) is 3.57 Å². The minimum absolute atomic E-state index is 0.307. The highest BCUT2D eigenvalue weighted by atomic mass is 127. The van der Waals surface area contributed by atoms with Crippen molar-refractivity contribution in [3.8, 4) is 11.9 Å². The Morgan fingerprint density at radius 2 is 1.86 bits per heavy atom. The largest absolute Gasteiger partial charge is 0.405 e. The molecule has 0 atom stereocenters. The number of nitrogens with zero attached hydrogens (tertiary/aromatic N) is 3. The molecule has 0 unspecified atom stereocenters. The molecule has 14 heavy (non-hydrogen) atoms. The second kappa shape index (κ2) is 4.32. The first-order valence-corrected chi connectivity index (χ1v) is 4.99. The SMILES string of the molecule is Ic1ccc(Oc2ncccn2)nc1. The monoisotopic (exact) mass is 299 g/mol. The standard InChI is InChI=1S/C9H6IN3O/c10-7-2-3-8(13-6-7)14-9-11-4-1-5-12-9/h1-6H. The van der Waals surface area contributed by atoms with Gasteiger partial charge in [-0.25, -0.2) is 15.0 Å². The van der Waals surface area contributed by atoms with Crippen molar-refractivity contribution in [2.24, 2.45) is 0 Å². The molecule has 5 heteroatoms. The molecule has 0 aliphatic carbocycles. The minimum atomic E-state index is 0.307. The van der Waals surface area contributed by atoms with Crippen molar-refractivity contribution in [2.45, 2.75) is 0 Å². The molecule has 0 saturated heterocycles. The molecule has 0 aromatic carbocycles. The molecule has 0 amide bonds. The first-order chi connectivity index (χ1) is 6.84. The maximum atomic E-state index is 5.30. The van der Waals surface area contributed by atoms with E-state index < -0.39 is 0 Å². The molecule has 0 saturated carbocycles. The van der Waals surface area contributed by atoms with Crippen LogP contribution in [0.2, 0.25) is 0 Å². The maximum Gasteiger partial charge on any atom is 0.323 e. The summed E-state index contributed by atoms with van der Waals surface area (Å²) in [6.45, 7) is 0. The van der Waals surface area contributed by atoms with Gasteiger partial charge < -0.3 is 4.74 Å². The lowest BCUT2D eigenvalue weighted by Crippen LogP contribution is -1.92. The Morgan fingerprint density at radius 3 is 2.50 bits per heavy atom. The number of rotatable bonds is 2. The van der Waals surface area contributed by atoms with Crippen LogP contribution in [-0.2, 0) is 0 Å². The average Bonchev–Trinajstić information content (AvgIpc) is 2.23. The summed E-state index contributed by atoms with van der Waals surface area (Å²) in [6, 6.07) is 5.72. The summed E-state index contributed by atoms with van der Waals surface area (Å²) in [7, 11) is 0. The van der Waals surface area contributed by atoms with E-state index in [1.54, 1.807) is 30.7 Å². The summed E-state index contributed by atoms with van der Waals surface area (Å²) in [5.74, 6) is 0.497. The smallest absolute Gasteiger partial charge is 0.323 e. The number of halogens is 1. The number of pyridine rings is 1. The summed E-state index contributed by atoms with van der Waals surface area (Å²) in [5, 5.41) is 0. The lowest BCUT2D eigenvalue weighted by Gasteiger charge is -2.00. The van der Waals surface area contributed by atoms with Gasteiger partial charge in [0.25, 0.3) is 0 Å². The molecular weight excluding hydrogens is 293 g/mol. The van der Waals surface area contributed by atoms with Gasteiger partial charge in [-0.2, -0.15) is 0 Å². The van der Waals surface area contributed by atoms with E-state index in [9.17, 15) is 0 Å². The summed E-state index contributed by atoms with van der Waals surface area (Å²) < 4.78 is 6.36. The molecule has 0 bridgehead atoms. The summed E-state index contributed by atoms with van der Waals surface area (Å²) in [6.07, 6.45) is 4.96. The second-order valence-electron chi connectivity index (χ2n) is 2.45. The van der Waals surface area contributed by atoms with E-state index in [4.69, 9.17) is 4.74 Å². The molecule has 0 N–H and O–H groups in total. The molecule has 2 heterocycles. The minimum Gasteiger partial charge on any atom is -0.405 e. The molecule has 70 valence electrons. The van der Waals surface area contributed by atoms with Crippen LogP contribution >= 0.6 is 22.6 Å². The maximum absolute atomic E-state index is 5.30. The van der Waals surface area contributed by atoms with Crippen molar-refractivity contribution in [3.63, 3.8) is 0 Å². The Labute approximate surface area is 94.5 Å². The van der Waals surface area contributed by atoms with Gasteiger partial charge in [-0.15, -0.1) is 0 Å². The van der Waals surface area contributed by atoms with Gasteiger partial charge in [0.05, 0.1) is 0 Å². The Hall–Kier alpha value is -1.24. The van der Waals surface area contributed by atoms with Crippen molar-refractivity contribution in [1.82, 2.24) is 15.0 Å². The number of ether oxygens (including phenoxy) is 1. The zero-order valence-electron chi connectivity index (χ0n) is 7.09. The van der Waals surface area contributed by atoms with Crippen molar-refractivity contribution in [3.05, 3.63) is 40.4 Å². The zero-order valence-corrected chi connectivity index (χ0v) is 9.25. The molecule has 0 spiro atoms. The average molecular weight is 299 g/mol. The molecule has 4 nitrogen and oxygen atoms in total. The Balaban J connectivity index is 2.16. The number of aromatic nitrogens is 3. The van der Waals surface area contributed by atoms with Crippen LogP contribution in [0.4, 0.5) is 0 Å². The van der Waals surface area contributed by atoms with Gasteiger partial charge in [0.15, 0.2) is 0 Å². The Kier molecular flexibility index (Phi) is 2.87. The van der Waals surface area contributed by atoms with E-state index in [0.717, 1.165) is 3.57 Å². The van der Waals surface area contributed by atoms with Gasteiger partial charge >= 0.3 is 6.01 Å². The van der Waals surface area contributed by atoms with Crippen molar-refractivity contribution in [2.75, 3.05) is 0 Å². The zero-order chi connectivity index (χ0) is 9.80. The third-order valence-electron chi connectivity index (χ3n) is 1.44. The first-order valence-electron chi connectivity index (χ1n) is 3.91. The van der Waals surface area contributed by atoms with Gasteiger partial charge in [-0.05, 0) is 34.7 Å². The third-order valence-corrected chi connectivity index (χ3v) is 2.08. The third kappa shape index (κ3) is 2.38. The molecule has 0 fully saturated rings. The predicted octanol–water partition coefficient (Wildman–Crippen LogP) is 2.27. The second-order valence-corrected chi connectivity index (χ2v) is 3.69. The number of hydrogen-bond donors (Lipinski definition) is 0. The van der Waals surface area contributed by atoms with Crippen LogP contribution in [-0.4, -0.2) is 15.0 Å². The van der Waals surface area contributed by atoms with E-state index in [1.165, 1.54) is 0 Å². The summed E-state index contributed by atoms with van der Waals surface area (Å²) >= 11 is 2.18. The van der Waals surface area contributed by atoms with Gasteiger partial charge in [-0.1, -0.05) is 0 Å². The highest BCUT2D eigenvalue weighted by molar-refractivity contribution is 14.1. The molecule has 2 aromatic rings. The number of hydrogen-bond acceptors (Lipinski definition) is 4. The van der Waals surface area contributed by atoms with E-state index in [2.05, 4.69) is 37.5 Å². The molecule has 0 aliphatic heterocycles. The Morgan fingerprint density at radius 1 is 1.07 bits per heavy atom. The van der Waals surface area contributed by atoms with Crippen LogP contribution in [0.3, 0.4) is 0 Å². The molecule has 0 radical (unpaired) electrons. The lowest BCUT2D eigenvalue weighted by molar-refractivity contribution is 0.425. The van der Waals surface area contributed by atoms with Crippen molar-refractivity contribution < 1.29 is 4.74 Å². The van der Waals surface area contributed by atoms with Crippen LogP contribution in [0.25, 0.3) is 0 Å². The van der Waals surface area contributed by atoms with Gasteiger partial charge in [0.2, 0.25) is 5.88 Å². The summed E-state index contributed by atoms with van der Waals surface area (Å²) in [4.78, 5) is 11.9. The molecule has 2 rings (SSSR count). The summed E-state index contributed by atoms with van der Waals surface area (Å²) in [5.41, 5.74) is 0. The Bertz CT molecular complexity index is 404. The lowest BCUT2D eigenvalue weighted by atomic mass is 10.5. The predicted molar refractivity (Wildman–Crippen MR) is 59.1 cm³/mol. The molecule has 0 aliphatic rings. The fraction of sp³-hybridized carbons (Fsp3) is 0. The van der Waals surface area contributed by atoms with Crippen molar-refractivity contribution >= 4 is 22.6 Å². The first kappa shape index (κ1) is 9.32. The van der Waals surface area contributed by atoms with Crippen LogP contribution in [0.1, 0.15) is 0 Å². The molecule has 2 aromatic heterocycles. The highest BCUT2D eigenvalue weighted by Crippen LogP contribution is 2.14. The van der Waals surface area contributed by atoms with Gasteiger partial charge in [-0.3, -0.25) is 0 Å². The van der Waals surface area contributed by atoms with Crippen LogP contribution in [0.5, 0.6) is 11.9 Å². The van der Waals surface area contributed by atoms with Crippen molar-refractivity contribution in [1.29, 1.82) is 0 Å². The van der Waals surface area contributed by atoms with E-state index in [0.29, 0.717) is 11.9 Å². The van der Waals surface area contributed by atoms with E-state index in [-0.39, 0.29) is 0 Å².